The van der Waals surface area contributed by atoms with Crippen LogP contribution in [0.25, 0.3) is 0 Å². The van der Waals surface area contributed by atoms with Gasteiger partial charge in [-0.25, -0.2) is 0 Å². The molecule has 134 valence electrons. The number of hydrogen-bond donors (Lipinski definition) is 3. The van der Waals surface area contributed by atoms with Gasteiger partial charge >= 0.3 is 0 Å². The van der Waals surface area contributed by atoms with Gasteiger partial charge in [0.25, 0.3) is 5.91 Å². The first-order chi connectivity index (χ1) is 11.9. The Balaban J connectivity index is 1.84. The number of carbonyl (C=O) groups is 1. The monoisotopic (exact) mass is 342 g/mol. The standard InChI is InChI=1S/C20H26N2O3/c1-14(2)21-12-18(23)13-25-19-10-6-16(7-11-19)20(24)22-17-8-4-15(3)5-9-17/h4-11,14,18,21,23H,12-13H2,1-3H3,(H,22,24). The highest BCUT2D eigenvalue weighted by molar-refractivity contribution is 6.04. The Morgan fingerprint density at radius 3 is 2.32 bits per heavy atom. The molecule has 25 heavy (non-hydrogen) atoms. The molecule has 2 aromatic carbocycles. The molecule has 0 saturated carbocycles. The summed E-state index contributed by atoms with van der Waals surface area (Å²) in [5.74, 6) is 0.451. The summed E-state index contributed by atoms with van der Waals surface area (Å²) in [7, 11) is 0. The second-order valence-corrected chi connectivity index (χ2v) is 6.37. The van der Waals surface area contributed by atoms with Crippen LogP contribution in [0.4, 0.5) is 5.69 Å². The summed E-state index contributed by atoms with van der Waals surface area (Å²) in [4.78, 5) is 12.2. The molecular weight excluding hydrogens is 316 g/mol. The van der Waals surface area contributed by atoms with E-state index >= 15 is 0 Å². The molecule has 5 heteroatoms. The van der Waals surface area contributed by atoms with E-state index in [1.165, 1.54) is 0 Å². The van der Waals surface area contributed by atoms with E-state index in [1.807, 2.05) is 45.0 Å². The number of carbonyl (C=O) groups excluding carboxylic acids is 1. The molecule has 0 saturated heterocycles. The fourth-order valence-electron chi connectivity index (χ4n) is 2.17. The van der Waals surface area contributed by atoms with Crippen LogP contribution >= 0.6 is 0 Å². The van der Waals surface area contributed by atoms with Crippen molar-refractivity contribution in [3.8, 4) is 5.75 Å². The summed E-state index contributed by atoms with van der Waals surface area (Å²) in [6.07, 6.45) is -0.577. The highest BCUT2D eigenvalue weighted by atomic mass is 16.5. The van der Waals surface area contributed by atoms with E-state index in [0.29, 0.717) is 23.9 Å². The van der Waals surface area contributed by atoms with Crippen molar-refractivity contribution in [2.45, 2.75) is 32.9 Å². The molecule has 1 unspecified atom stereocenters. The van der Waals surface area contributed by atoms with Gasteiger partial charge in [-0.1, -0.05) is 31.5 Å². The normalized spacial score (nSPS) is 12.0. The van der Waals surface area contributed by atoms with Crippen LogP contribution in [0.3, 0.4) is 0 Å². The van der Waals surface area contributed by atoms with Crippen molar-refractivity contribution in [3.05, 3.63) is 59.7 Å². The molecule has 0 aliphatic heterocycles. The Morgan fingerprint density at radius 2 is 1.72 bits per heavy atom. The van der Waals surface area contributed by atoms with E-state index < -0.39 is 6.10 Å². The van der Waals surface area contributed by atoms with Crippen molar-refractivity contribution < 1.29 is 14.6 Å². The largest absolute Gasteiger partial charge is 0.491 e. The molecule has 3 N–H and O–H groups in total. The van der Waals surface area contributed by atoms with E-state index in [0.717, 1.165) is 11.3 Å². The van der Waals surface area contributed by atoms with Gasteiger partial charge < -0.3 is 20.5 Å². The lowest BCUT2D eigenvalue weighted by molar-refractivity contribution is 0.102. The van der Waals surface area contributed by atoms with Crippen LogP contribution in [0.1, 0.15) is 29.8 Å². The van der Waals surface area contributed by atoms with Crippen LogP contribution in [-0.4, -0.2) is 36.3 Å². The van der Waals surface area contributed by atoms with Gasteiger partial charge in [-0.2, -0.15) is 0 Å². The Labute approximate surface area is 149 Å². The second-order valence-electron chi connectivity index (χ2n) is 6.37. The highest BCUT2D eigenvalue weighted by Gasteiger charge is 2.08. The molecular formula is C20H26N2O3. The summed E-state index contributed by atoms with van der Waals surface area (Å²) in [6, 6.07) is 14.8. The molecule has 1 amide bonds. The second kappa shape index (κ2) is 9.20. The summed E-state index contributed by atoms with van der Waals surface area (Å²) in [5.41, 5.74) is 2.46. The van der Waals surface area contributed by atoms with E-state index in [9.17, 15) is 9.90 Å². The summed E-state index contributed by atoms with van der Waals surface area (Å²) < 4.78 is 5.54. The predicted octanol–water partition coefficient (Wildman–Crippen LogP) is 2.99. The van der Waals surface area contributed by atoms with Crippen LogP contribution in [0.5, 0.6) is 5.75 Å². The number of anilines is 1. The van der Waals surface area contributed by atoms with Gasteiger partial charge in [-0.3, -0.25) is 4.79 Å². The molecule has 0 bridgehead atoms. The van der Waals surface area contributed by atoms with Gasteiger partial charge in [0, 0.05) is 23.8 Å². The first-order valence-corrected chi connectivity index (χ1v) is 8.46. The van der Waals surface area contributed by atoms with Crippen LogP contribution in [-0.2, 0) is 0 Å². The van der Waals surface area contributed by atoms with Crippen LogP contribution < -0.4 is 15.4 Å². The lowest BCUT2D eigenvalue weighted by Crippen LogP contribution is -2.35. The first kappa shape index (κ1) is 19.0. The quantitative estimate of drug-likeness (QED) is 0.690. The fraction of sp³-hybridized carbons (Fsp3) is 0.350. The third kappa shape index (κ3) is 6.57. The van der Waals surface area contributed by atoms with Gasteiger partial charge in [-0.15, -0.1) is 0 Å². The van der Waals surface area contributed by atoms with E-state index in [-0.39, 0.29) is 12.5 Å². The highest BCUT2D eigenvalue weighted by Crippen LogP contribution is 2.15. The zero-order valence-corrected chi connectivity index (χ0v) is 15.0. The predicted molar refractivity (Wildman–Crippen MR) is 100 cm³/mol. The number of aliphatic hydroxyl groups excluding tert-OH is 1. The van der Waals surface area contributed by atoms with Gasteiger partial charge in [0.2, 0.25) is 0 Å². The minimum Gasteiger partial charge on any atom is -0.491 e. The van der Waals surface area contributed by atoms with Crippen molar-refractivity contribution >= 4 is 11.6 Å². The van der Waals surface area contributed by atoms with Crippen molar-refractivity contribution in [3.63, 3.8) is 0 Å². The van der Waals surface area contributed by atoms with Gasteiger partial charge in [0.15, 0.2) is 0 Å². The molecule has 0 spiro atoms. The maximum Gasteiger partial charge on any atom is 0.255 e. The van der Waals surface area contributed by atoms with Crippen molar-refractivity contribution in [1.82, 2.24) is 5.32 Å². The third-order valence-electron chi connectivity index (χ3n) is 3.63. The smallest absolute Gasteiger partial charge is 0.255 e. The minimum absolute atomic E-state index is 0.170. The fourth-order valence-corrected chi connectivity index (χ4v) is 2.17. The summed E-state index contributed by atoms with van der Waals surface area (Å²) >= 11 is 0. The van der Waals surface area contributed by atoms with Crippen LogP contribution in [0.2, 0.25) is 0 Å². The third-order valence-corrected chi connectivity index (χ3v) is 3.63. The minimum atomic E-state index is -0.577. The maximum atomic E-state index is 12.2. The number of ether oxygens (including phenoxy) is 1. The summed E-state index contributed by atoms with van der Waals surface area (Å²) in [5, 5.41) is 15.8. The molecule has 0 heterocycles. The SMILES string of the molecule is Cc1ccc(NC(=O)c2ccc(OCC(O)CNC(C)C)cc2)cc1. The Kier molecular flexibility index (Phi) is 6.98. The maximum absolute atomic E-state index is 12.2. The molecule has 0 aromatic heterocycles. The molecule has 0 fully saturated rings. The molecule has 0 aliphatic carbocycles. The zero-order valence-electron chi connectivity index (χ0n) is 15.0. The van der Waals surface area contributed by atoms with Gasteiger partial charge in [0.1, 0.15) is 18.5 Å². The lowest BCUT2D eigenvalue weighted by Gasteiger charge is -2.15. The molecule has 5 nitrogen and oxygen atoms in total. The Bertz CT molecular complexity index is 666. The number of hydrogen-bond acceptors (Lipinski definition) is 4. The number of rotatable bonds is 8. The molecule has 0 aliphatic rings. The molecule has 2 rings (SSSR count). The zero-order chi connectivity index (χ0) is 18.2. The van der Waals surface area contributed by atoms with Crippen molar-refractivity contribution in [2.75, 3.05) is 18.5 Å². The van der Waals surface area contributed by atoms with Crippen LogP contribution in [0.15, 0.2) is 48.5 Å². The Morgan fingerprint density at radius 1 is 1.08 bits per heavy atom. The number of amides is 1. The number of aryl methyl sites for hydroxylation is 1. The summed E-state index contributed by atoms with van der Waals surface area (Å²) in [6.45, 7) is 6.73. The molecule has 2 aromatic rings. The topological polar surface area (TPSA) is 70.6 Å². The molecule has 1 atom stereocenters. The first-order valence-electron chi connectivity index (χ1n) is 8.46. The van der Waals surface area contributed by atoms with Gasteiger partial charge in [-0.05, 0) is 43.3 Å². The lowest BCUT2D eigenvalue weighted by atomic mass is 10.2. The van der Waals surface area contributed by atoms with E-state index in [2.05, 4.69) is 10.6 Å². The number of nitrogens with one attached hydrogen (secondary N) is 2. The van der Waals surface area contributed by atoms with Crippen LogP contribution in [0, 0.1) is 6.92 Å². The van der Waals surface area contributed by atoms with Crippen molar-refractivity contribution in [2.24, 2.45) is 0 Å². The number of benzene rings is 2. The number of aliphatic hydroxyl groups is 1. The average molecular weight is 342 g/mol. The Hall–Kier alpha value is -2.37. The van der Waals surface area contributed by atoms with Gasteiger partial charge in [0.05, 0.1) is 0 Å². The van der Waals surface area contributed by atoms with E-state index in [1.54, 1.807) is 24.3 Å². The average Bonchev–Trinajstić information content (AvgIpc) is 2.60. The molecule has 0 radical (unpaired) electrons. The van der Waals surface area contributed by atoms with Crippen molar-refractivity contribution in [1.29, 1.82) is 0 Å². The van der Waals surface area contributed by atoms with E-state index in [4.69, 9.17) is 4.74 Å².